The summed E-state index contributed by atoms with van der Waals surface area (Å²) >= 11 is 1.34. The van der Waals surface area contributed by atoms with Crippen molar-refractivity contribution in [3.8, 4) is 5.75 Å². The average Bonchev–Trinajstić information content (AvgIpc) is 3.21. The van der Waals surface area contributed by atoms with Crippen molar-refractivity contribution in [1.29, 1.82) is 0 Å². The molecular formula is C23H24N2O4S. The van der Waals surface area contributed by atoms with Crippen LogP contribution in [0.15, 0.2) is 53.9 Å². The molecule has 0 N–H and O–H groups in total. The molecule has 3 rings (SSSR count). The second kappa shape index (κ2) is 10.0. The van der Waals surface area contributed by atoms with Gasteiger partial charge < -0.3 is 9.47 Å². The molecule has 0 bridgehead atoms. The smallest absolute Gasteiger partial charge is 0.342 e. The van der Waals surface area contributed by atoms with Gasteiger partial charge in [-0.05, 0) is 37.1 Å². The van der Waals surface area contributed by atoms with Crippen LogP contribution < -0.4 is 9.64 Å². The molecular weight excluding hydrogens is 400 g/mol. The molecule has 156 valence electrons. The molecule has 1 aromatic heterocycles. The van der Waals surface area contributed by atoms with E-state index in [1.165, 1.54) is 18.3 Å². The summed E-state index contributed by atoms with van der Waals surface area (Å²) in [5.74, 6) is -0.115. The Bertz CT molecular complexity index is 1030. The van der Waals surface area contributed by atoms with Crippen molar-refractivity contribution in [2.24, 2.45) is 0 Å². The number of rotatable bonds is 8. The van der Waals surface area contributed by atoms with E-state index in [4.69, 9.17) is 9.47 Å². The molecule has 7 heteroatoms. The summed E-state index contributed by atoms with van der Waals surface area (Å²) in [5, 5.41) is 2.34. The third-order valence-electron chi connectivity index (χ3n) is 4.42. The van der Waals surface area contributed by atoms with Crippen LogP contribution in [0.4, 0.5) is 10.8 Å². The molecule has 0 fully saturated rings. The first-order valence-corrected chi connectivity index (χ1v) is 10.6. The SMILES string of the molecule is CCOc1ccccc1C(=O)OCc1csc(N(C(C)=O)c2ccccc2CC)n1. The van der Waals surface area contributed by atoms with Gasteiger partial charge in [-0.2, -0.15) is 0 Å². The van der Waals surface area contributed by atoms with E-state index in [9.17, 15) is 9.59 Å². The van der Waals surface area contributed by atoms with Crippen LogP contribution in [0.5, 0.6) is 5.75 Å². The number of carbonyl (C=O) groups is 2. The van der Waals surface area contributed by atoms with Crippen LogP contribution in [0, 0.1) is 0 Å². The quantitative estimate of drug-likeness (QED) is 0.468. The van der Waals surface area contributed by atoms with Gasteiger partial charge in [-0.3, -0.25) is 9.69 Å². The lowest BCUT2D eigenvalue weighted by Crippen LogP contribution is -2.23. The number of amides is 1. The maximum absolute atomic E-state index is 12.5. The first kappa shape index (κ1) is 21.5. The van der Waals surface area contributed by atoms with Gasteiger partial charge in [0.15, 0.2) is 5.13 Å². The van der Waals surface area contributed by atoms with E-state index >= 15 is 0 Å². The third-order valence-corrected chi connectivity index (χ3v) is 5.29. The lowest BCUT2D eigenvalue weighted by molar-refractivity contribution is -0.115. The molecule has 0 saturated heterocycles. The summed E-state index contributed by atoms with van der Waals surface area (Å²) in [7, 11) is 0. The number of aromatic nitrogens is 1. The average molecular weight is 425 g/mol. The largest absolute Gasteiger partial charge is 0.493 e. The number of para-hydroxylation sites is 2. The molecule has 1 heterocycles. The van der Waals surface area contributed by atoms with Gasteiger partial charge in [0.05, 0.1) is 18.0 Å². The van der Waals surface area contributed by atoms with E-state index in [-0.39, 0.29) is 12.5 Å². The van der Waals surface area contributed by atoms with Crippen LogP contribution in [0.1, 0.15) is 42.4 Å². The fourth-order valence-corrected chi connectivity index (χ4v) is 3.90. The number of thiazole rings is 1. The highest BCUT2D eigenvalue weighted by atomic mass is 32.1. The van der Waals surface area contributed by atoms with Crippen molar-refractivity contribution in [3.05, 3.63) is 70.7 Å². The molecule has 0 saturated carbocycles. The minimum absolute atomic E-state index is 0.0109. The van der Waals surface area contributed by atoms with Gasteiger partial charge in [0.2, 0.25) is 5.91 Å². The fourth-order valence-electron chi connectivity index (χ4n) is 3.03. The number of aryl methyl sites for hydroxylation is 1. The Morgan fingerprint density at radius 3 is 2.53 bits per heavy atom. The van der Waals surface area contributed by atoms with E-state index in [0.717, 1.165) is 17.7 Å². The maximum Gasteiger partial charge on any atom is 0.342 e. The zero-order valence-corrected chi connectivity index (χ0v) is 18.1. The van der Waals surface area contributed by atoms with Crippen LogP contribution in [0.25, 0.3) is 0 Å². The summed E-state index contributed by atoms with van der Waals surface area (Å²) < 4.78 is 10.9. The van der Waals surface area contributed by atoms with Gasteiger partial charge in [0.25, 0.3) is 0 Å². The van der Waals surface area contributed by atoms with Gasteiger partial charge in [0.1, 0.15) is 17.9 Å². The Kier molecular flexibility index (Phi) is 7.19. The second-order valence-corrected chi connectivity index (χ2v) is 7.30. The Labute approximate surface area is 180 Å². The van der Waals surface area contributed by atoms with Gasteiger partial charge in [-0.15, -0.1) is 11.3 Å². The number of benzene rings is 2. The summed E-state index contributed by atoms with van der Waals surface area (Å²) in [4.78, 5) is 31.0. The van der Waals surface area contributed by atoms with Crippen LogP contribution in [-0.4, -0.2) is 23.5 Å². The predicted molar refractivity (Wildman–Crippen MR) is 117 cm³/mol. The minimum atomic E-state index is -0.478. The number of esters is 1. The van der Waals surface area contributed by atoms with Crippen LogP contribution >= 0.6 is 11.3 Å². The normalized spacial score (nSPS) is 10.5. The van der Waals surface area contributed by atoms with Gasteiger partial charge in [0, 0.05) is 12.3 Å². The molecule has 1 amide bonds. The van der Waals surface area contributed by atoms with E-state index in [1.54, 1.807) is 34.5 Å². The summed E-state index contributed by atoms with van der Waals surface area (Å²) in [6.07, 6.45) is 0.801. The van der Waals surface area contributed by atoms with E-state index < -0.39 is 5.97 Å². The van der Waals surface area contributed by atoms with Crippen molar-refractivity contribution in [3.63, 3.8) is 0 Å². The topological polar surface area (TPSA) is 68.7 Å². The monoisotopic (exact) mass is 424 g/mol. The molecule has 0 aliphatic carbocycles. The summed E-state index contributed by atoms with van der Waals surface area (Å²) in [6.45, 7) is 5.88. The first-order valence-electron chi connectivity index (χ1n) is 9.77. The molecule has 3 aromatic rings. The summed E-state index contributed by atoms with van der Waals surface area (Å²) in [5.41, 5.74) is 2.83. The van der Waals surface area contributed by atoms with E-state index in [2.05, 4.69) is 4.98 Å². The fraction of sp³-hybridized carbons (Fsp3) is 0.261. The lowest BCUT2D eigenvalue weighted by atomic mass is 10.1. The molecule has 0 unspecified atom stereocenters. The molecule has 0 spiro atoms. The highest BCUT2D eigenvalue weighted by Crippen LogP contribution is 2.32. The van der Waals surface area contributed by atoms with Crippen LogP contribution in [-0.2, 0) is 22.6 Å². The standard InChI is InChI=1S/C23H24N2O4S/c1-4-17-10-6-8-12-20(17)25(16(3)26)23-24-18(15-30-23)14-29-22(27)19-11-7-9-13-21(19)28-5-2/h6-13,15H,4-5,14H2,1-3H3. The third kappa shape index (κ3) is 4.86. The van der Waals surface area contributed by atoms with Crippen molar-refractivity contribution in [2.75, 3.05) is 11.5 Å². The van der Waals surface area contributed by atoms with Gasteiger partial charge >= 0.3 is 5.97 Å². The van der Waals surface area contributed by atoms with Gasteiger partial charge in [-0.1, -0.05) is 37.3 Å². The number of carbonyl (C=O) groups excluding carboxylic acids is 2. The number of hydrogen-bond acceptors (Lipinski definition) is 6. The van der Waals surface area contributed by atoms with Crippen molar-refractivity contribution in [1.82, 2.24) is 4.98 Å². The number of ether oxygens (including phenoxy) is 2. The molecule has 2 aromatic carbocycles. The van der Waals surface area contributed by atoms with Crippen molar-refractivity contribution < 1.29 is 19.1 Å². The molecule has 30 heavy (non-hydrogen) atoms. The van der Waals surface area contributed by atoms with E-state index in [1.807, 2.05) is 38.1 Å². The summed E-state index contributed by atoms with van der Waals surface area (Å²) in [6, 6.07) is 14.7. The van der Waals surface area contributed by atoms with Crippen LogP contribution in [0.2, 0.25) is 0 Å². The molecule has 0 radical (unpaired) electrons. The predicted octanol–water partition coefficient (Wildman–Crippen LogP) is 5.15. The molecule has 0 aliphatic heterocycles. The highest BCUT2D eigenvalue weighted by molar-refractivity contribution is 7.14. The van der Waals surface area contributed by atoms with Gasteiger partial charge in [-0.25, -0.2) is 9.78 Å². The Balaban J connectivity index is 1.76. The first-order chi connectivity index (χ1) is 14.5. The highest BCUT2D eigenvalue weighted by Gasteiger charge is 2.21. The van der Waals surface area contributed by atoms with Crippen LogP contribution in [0.3, 0.4) is 0 Å². The Morgan fingerprint density at radius 1 is 1.07 bits per heavy atom. The molecule has 0 atom stereocenters. The van der Waals surface area contributed by atoms with E-state index in [0.29, 0.717) is 28.7 Å². The maximum atomic E-state index is 12.5. The van der Waals surface area contributed by atoms with Crippen molar-refractivity contribution >= 4 is 34.0 Å². The second-order valence-electron chi connectivity index (χ2n) is 6.46. The number of anilines is 2. The molecule has 6 nitrogen and oxygen atoms in total. The number of hydrogen-bond donors (Lipinski definition) is 0. The minimum Gasteiger partial charge on any atom is -0.493 e. The van der Waals surface area contributed by atoms with Crippen molar-refractivity contribution in [2.45, 2.75) is 33.8 Å². The lowest BCUT2D eigenvalue weighted by Gasteiger charge is -2.20. The Morgan fingerprint density at radius 2 is 1.80 bits per heavy atom. The zero-order valence-electron chi connectivity index (χ0n) is 17.3. The Hall–Kier alpha value is -3.19. The zero-order chi connectivity index (χ0) is 21.5. The number of nitrogens with zero attached hydrogens (tertiary/aromatic N) is 2. The molecule has 0 aliphatic rings.